The molecule has 0 radical (unpaired) electrons. The Morgan fingerprint density at radius 1 is 1.25 bits per heavy atom. The molecule has 4 rings (SSSR count). The molecule has 0 spiro atoms. The van der Waals surface area contributed by atoms with Gasteiger partial charge in [0, 0.05) is 12.6 Å². The van der Waals surface area contributed by atoms with Crippen molar-refractivity contribution in [2.45, 2.75) is 38.4 Å². The van der Waals surface area contributed by atoms with Crippen LogP contribution in [-0.4, -0.2) is 47.4 Å². The van der Waals surface area contributed by atoms with Crippen molar-refractivity contribution >= 4 is 34.9 Å². The van der Waals surface area contributed by atoms with Gasteiger partial charge < -0.3 is 20.9 Å². The summed E-state index contributed by atoms with van der Waals surface area (Å²) in [5.41, 5.74) is 2.96. The number of fused-ring (bicyclic) bond motifs is 2. The van der Waals surface area contributed by atoms with Crippen LogP contribution in [0.2, 0.25) is 0 Å². The maximum atomic E-state index is 13.2. The zero-order valence-electron chi connectivity index (χ0n) is 15.7. The lowest BCUT2D eigenvalue weighted by molar-refractivity contribution is -0.120. The summed E-state index contributed by atoms with van der Waals surface area (Å²) in [4.78, 5) is 39.7. The minimum absolute atomic E-state index is 0.0121. The Morgan fingerprint density at radius 2 is 2.07 bits per heavy atom. The smallest absolute Gasteiger partial charge is 0.315 e. The van der Waals surface area contributed by atoms with Crippen molar-refractivity contribution in [3.05, 3.63) is 40.6 Å². The van der Waals surface area contributed by atoms with Crippen LogP contribution in [0.15, 0.2) is 35.0 Å². The number of rotatable bonds is 3. The Balaban J connectivity index is 1.61. The standard InChI is InChI=1S/C20H22N4O3S/c1-11(2)21-20(27)23-16-5-7-24-17(16)18(25)22-15-4-3-12(9-14(15)19(24)26)13-6-8-28-10-13/h3-4,6,8-11,16-17H,5,7H2,1-2H3,(H,22,25)(H2,21,23,27)/t16-,17+/m1/s1. The molecule has 146 valence electrons. The second-order valence-corrected chi connectivity index (χ2v) is 8.15. The normalized spacial score (nSPS) is 21.0. The molecule has 1 saturated heterocycles. The van der Waals surface area contributed by atoms with E-state index < -0.39 is 12.1 Å². The summed E-state index contributed by atoms with van der Waals surface area (Å²) in [7, 11) is 0. The maximum absolute atomic E-state index is 13.2. The number of benzene rings is 1. The first-order chi connectivity index (χ1) is 13.4. The van der Waals surface area contributed by atoms with Crippen LogP contribution in [-0.2, 0) is 4.79 Å². The van der Waals surface area contributed by atoms with Crippen molar-refractivity contribution in [2.75, 3.05) is 11.9 Å². The van der Waals surface area contributed by atoms with Crippen LogP contribution in [0.25, 0.3) is 11.1 Å². The molecule has 1 fully saturated rings. The van der Waals surface area contributed by atoms with E-state index in [4.69, 9.17) is 0 Å². The number of carbonyl (C=O) groups is 3. The van der Waals surface area contributed by atoms with Gasteiger partial charge in [-0.15, -0.1) is 0 Å². The molecule has 2 aliphatic rings. The third kappa shape index (κ3) is 3.35. The number of thiophene rings is 1. The van der Waals surface area contributed by atoms with E-state index in [2.05, 4.69) is 16.0 Å². The lowest BCUT2D eigenvalue weighted by Gasteiger charge is -2.25. The number of hydrogen-bond donors (Lipinski definition) is 3. The molecular formula is C20H22N4O3S. The van der Waals surface area contributed by atoms with E-state index in [0.717, 1.165) is 11.1 Å². The van der Waals surface area contributed by atoms with Crippen LogP contribution in [0.3, 0.4) is 0 Å². The lowest BCUT2D eigenvalue weighted by atomic mass is 10.0. The van der Waals surface area contributed by atoms with Gasteiger partial charge in [0.25, 0.3) is 5.91 Å². The van der Waals surface area contributed by atoms with Crippen LogP contribution in [0, 0.1) is 0 Å². The monoisotopic (exact) mass is 398 g/mol. The summed E-state index contributed by atoms with van der Waals surface area (Å²) in [6.45, 7) is 4.15. The fourth-order valence-electron chi connectivity index (χ4n) is 3.77. The Bertz CT molecular complexity index is 926. The third-order valence-electron chi connectivity index (χ3n) is 5.03. The van der Waals surface area contributed by atoms with Crippen molar-refractivity contribution in [2.24, 2.45) is 0 Å². The number of urea groups is 1. The van der Waals surface area contributed by atoms with Crippen LogP contribution in [0.1, 0.15) is 30.6 Å². The highest BCUT2D eigenvalue weighted by atomic mass is 32.1. The van der Waals surface area contributed by atoms with Crippen molar-refractivity contribution in [3.8, 4) is 11.1 Å². The lowest BCUT2D eigenvalue weighted by Crippen LogP contribution is -2.54. The van der Waals surface area contributed by atoms with Crippen molar-refractivity contribution in [1.29, 1.82) is 0 Å². The van der Waals surface area contributed by atoms with Crippen molar-refractivity contribution in [3.63, 3.8) is 0 Å². The number of amides is 4. The average molecular weight is 398 g/mol. The largest absolute Gasteiger partial charge is 0.336 e. The SMILES string of the molecule is CC(C)NC(=O)N[C@@H]1CCN2C(=O)c3cc(-c4ccsc4)ccc3NC(=O)[C@H]12. The van der Waals surface area contributed by atoms with E-state index in [0.29, 0.717) is 24.2 Å². The maximum Gasteiger partial charge on any atom is 0.315 e. The fraction of sp³-hybridized carbons (Fsp3) is 0.350. The van der Waals surface area contributed by atoms with Gasteiger partial charge in [0.15, 0.2) is 0 Å². The molecule has 3 N–H and O–H groups in total. The van der Waals surface area contributed by atoms with Gasteiger partial charge in [-0.05, 0) is 60.4 Å². The highest BCUT2D eigenvalue weighted by molar-refractivity contribution is 7.08. The van der Waals surface area contributed by atoms with Gasteiger partial charge in [-0.1, -0.05) is 6.07 Å². The molecule has 2 aromatic rings. The number of carbonyl (C=O) groups excluding carboxylic acids is 3. The number of hydrogen-bond acceptors (Lipinski definition) is 4. The third-order valence-corrected chi connectivity index (χ3v) is 5.71. The summed E-state index contributed by atoms with van der Waals surface area (Å²) in [6, 6.07) is 6.01. The van der Waals surface area contributed by atoms with Gasteiger partial charge in [0.1, 0.15) is 6.04 Å². The average Bonchev–Trinajstić information content (AvgIpc) is 3.28. The van der Waals surface area contributed by atoms with Gasteiger partial charge in [0.2, 0.25) is 5.91 Å². The van der Waals surface area contributed by atoms with E-state index in [1.54, 1.807) is 22.3 Å². The highest BCUT2D eigenvalue weighted by Crippen LogP contribution is 2.32. The quantitative estimate of drug-likeness (QED) is 0.742. The number of nitrogens with zero attached hydrogens (tertiary/aromatic N) is 1. The van der Waals surface area contributed by atoms with Crippen LogP contribution >= 0.6 is 11.3 Å². The van der Waals surface area contributed by atoms with Crippen LogP contribution in [0.5, 0.6) is 0 Å². The zero-order valence-corrected chi connectivity index (χ0v) is 16.5. The predicted molar refractivity (Wildman–Crippen MR) is 108 cm³/mol. The van der Waals surface area contributed by atoms with Gasteiger partial charge in [-0.2, -0.15) is 11.3 Å². The minimum atomic E-state index is -0.720. The predicted octanol–water partition coefficient (Wildman–Crippen LogP) is 2.66. The molecule has 1 aromatic carbocycles. The summed E-state index contributed by atoms with van der Waals surface area (Å²) in [6.07, 6.45) is 0.537. The Morgan fingerprint density at radius 3 is 2.79 bits per heavy atom. The summed E-state index contributed by atoms with van der Waals surface area (Å²) in [5, 5.41) is 12.5. The Labute approximate surface area is 167 Å². The summed E-state index contributed by atoms with van der Waals surface area (Å²) >= 11 is 1.59. The van der Waals surface area contributed by atoms with E-state index in [1.165, 1.54) is 0 Å². The molecule has 0 unspecified atom stereocenters. The molecule has 4 amide bonds. The highest BCUT2D eigenvalue weighted by Gasteiger charge is 2.45. The number of anilines is 1. The molecule has 0 aliphatic carbocycles. The summed E-state index contributed by atoms with van der Waals surface area (Å²) < 4.78 is 0. The van der Waals surface area contributed by atoms with E-state index >= 15 is 0 Å². The van der Waals surface area contributed by atoms with Gasteiger partial charge in [0.05, 0.1) is 17.3 Å². The topological polar surface area (TPSA) is 90.5 Å². The van der Waals surface area contributed by atoms with Crippen LogP contribution in [0.4, 0.5) is 10.5 Å². The van der Waals surface area contributed by atoms with Crippen molar-refractivity contribution in [1.82, 2.24) is 15.5 Å². The van der Waals surface area contributed by atoms with Crippen LogP contribution < -0.4 is 16.0 Å². The Hall–Kier alpha value is -2.87. The number of nitrogens with one attached hydrogen (secondary N) is 3. The van der Waals surface area contributed by atoms with E-state index in [9.17, 15) is 14.4 Å². The van der Waals surface area contributed by atoms with Gasteiger partial charge in [-0.25, -0.2) is 4.79 Å². The molecule has 7 nitrogen and oxygen atoms in total. The molecule has 0 bridgehead atoms. The minimum Gasteiger partial charge on any atom is -0.336 e. The molecule has 2 atom stereocenters. The van der Waals surface area contributed by atoms with E-state index in [1.807, 2.05) is 42.8 Å². The molecular weight excluding hydrogens is 376 g/mol. The molecule has 1 aromatic heterocycles. The first-order valence-corrected chi connectivity index (χ1v) is 10.2. The fourth-order valence-corrected chi connectivity index (χ4v) is 4.43. The van der Waals surface area contributed by atoms with Gasteiger partial charge >= 0.3 is 6.03 Å². The summed E-state index contributed by atoms with van der Waals surface area (Å²) in [5.74, 6) is -0.466. The molecule has 8 heteroatoms. The second kappa shape index (κ2) is 7.27. The molecule has 3 heterocycles. The zero-order chi connectivity index (χ0) is 19.8. The van der Waals surface area contributed by atoms with Crippen molar-refractivity contribution < 1.29 is 14.4 Å². The van der Waals surface area contributed by atoms with Gasteiger partial charge in [-0.3, -0.25) is 9.59 Å². The molecule has 0 saturated carbocycles. The first kappa shape index (κ1) is 18.5. The second-order valence-electron chi connectivity index (χ2n) is 7.37. The van der Waals surface area contributed by atoms with E-state index in [-0.39, 0.29) is 23.9 Å². The molecule has 2 aliphatic heterocycles. The Kier molecular flexibility index (Phi) is 4.80. The first-order valence-electron chi connectivity index (χ1n) is 9.29. The molecule has 28 heavy (non-hydrogen) atoms.